The molecule has 13 heteroatoms. The summed E-state index contributed by atoms with van der Waals surface area (Å²) in [5, 5.41) is 3.21. The number of hydrogen-bond donors (Lipinski definition) is 1. The summed E-state index contributed by atoms with van der Waals surface area (Å²) in [6, 6.07) is 11.0. The maximum Gasteiger partial charge on any atom is 2.00 e. The summed E-state index contributed by atoms with van der Waals surface area (Å²) in [5.41, 5.74) is 0. The van der Waals surface area contributed by atoms with E-state index in [1.807, 2.05) is 4.90 Å². The van der Waals surface area contributed by atoms with Crippen LogP contribution < -0.4 is 9.62 Å². The van der Waals surface area contributed by atoms with E-state index in [0.29, 0.717) is 47.2 Å². The molecule has 0 radical (unpaired) electrons. The quantitative estimate of drug-likeness (QED) is 0.395. The first-order valence-corrected chi connectivity index (χ1v) is 12.9. The smallest absolute Gasteiger partial charge is 0.364 e. The van der Waals surface area contributed by atoms with Gasteiger partial charge in [0, 0.05) is 44.0 Å². The van der Waals surface area contributed by atoms with Gasteiger partial charge in [0.25, 0.3) is 10.0 Å². The van der Waals surface area contributed by atoms with Crippen molar-refractivity contribution in [2.75, 3.05) is 35.8 Å². The second kappa shape index (κ2) is 13.6. The van der Waals surface area contributed by atoms with Crippen LogP contribution in [0.4, 0.5) is 10.9 Å². The number of nitrogens with zero attached hydrogens (tertiary/aromatic N) is 4. The predicted octanol–water partition coefficient (Wildman–Crippen LogP) is 4.01. The monoisotopic (exact) mass is 763 g/mol. The van der Waals surface area contributed by atoms with Crippen LogP contribution in [-0.2, 0) is 14.8 Å². The molecule has 3 aromatic rings. The number of anilines is 2. The van der Waals surface area contributed by atoms with Crippen LogP contribution in [0.5, 0.6) is 0 Å². The maximum absolute atomic E-state index is 12.3. The third-order valence-electron chi connectivity index (χ3n) is 4.58. The van der Waals surface area contributed by atoms with Crippen molar-refractivity contribution in [3.8, 4) is 0 Å². The molecule has 4 rings (SSSR count). The normalized spacial score (nSPS) is 13.3. The molecule has 178 valence electrons. The Morgan fingerprint density at radius 2 is 1.91 bits per heavy atom. The van der Waals surface area contributed by atoms with Crippen LogP contribution in [0.2, 0.25) is 10.0 Å². The number of nitrogens with one attached hydrogen (secondary N) is 1. The van der Waals surface area contributed by atoms with Crippen molar-refractivity contribution in [1.29, 1.82) is 0 Å². The van der Waals surface area contributed by atoms with Crippen LogP contribution in [0.15, 0.2) is 53.0 Å². The van der Waals surface area contributed by atoms with Crippen molar-refractivity contribution in [2.45, 2.75) is 11.8 Å². The number of thiazole rings is 1. The number of sulfonamides is 1. The number of piperazine rings is 1. The number of carbonyl (C=O) groups excluding carboxylic acids is 1. The molecule has 1 saturated heterocycles. The molecular weight excluding hydrogens is 743 g/mol. The Hall–Kier alpha value is -1.48. The van der Waals surface area contributed by atoms with Gasteiger partial charge >= 0.3 is 31.1 Å². The van der Waals surface area contributed by atoms with Crippen LogP contribution in [0.3, 0.4) is 0 Å². The van der Waals surface area contributed by atoms with Crippen LogP contribution >= 0.6 is 34.5 Å². The van der Waals surface area contributed by atoms with Crippen molar-refractivity contribution in [1.82, 2.24) is 14.9 Å². The minimum absolute atomic E-state index is 0. The Balaban J connectivity index is 0.000000386. The van der Waals surface area contributed by atoms with E-state index in [0.717, 1.165) is 0 Å². The number of carbonyl (C=O) groups is 1. The van der Waals surface area contributed by atoms with Gasteiger partial charge in [0.15, 0.2) is 5.13 Å². The molecule has 34 heavy (non-hydrogen) atoms. The molecule has 0 aliphatic carbocycles. The first-order valence-electron chi connectivity index (χ1n) is 9.83. The van der Waals surface area contributed by atoms with E-state index >= 15 is 0 Å². The second-order valence-electron chi connectivity index (χ2n) is 6.75. The molecule has 1 aromatic carbocycles. The average Bonchev–Trinajstić information content (AvgIpc) is 3.31. The Morgan fingerprint density at radius 1 is 1.18 bits per heavy atom. The SMILES string of the molecule is C[CH-]C(=O)N1CCN(c2ccc(S(=O)(=O)Nc3nccs3)cn2)CC1.Clc1[c-]ccc(Cl)c1.[U+2]. The van der Waals surface area contributed by atoms with E-state index in [-0.39, 0.29) is 41.9 Å². The molecule has 3 heterocycles. The molecule has 0 bridgehead atoms. The molecule has 0 spiro atoms. The van der Waals surface area contributed by atoms with Gasteiger partial charge in [-0.1, -0.05) is 10.0 Å². The van der Waals surface area contributed by atoms with Crippen molar-refractivity contribution in [3.05, 3.63) is 70.6 Å². The Morgan fingerprint density at radius 3 is 2.41 bits per heavy atom. The zero-order valence-electron chi connectivity index (χ0n) is 18.1. The molecule has 1 aliphatic heterocycles. The molecule has 0 atom stereocenters. The van der Waals surface area contributed by atoms with Crippen LogP contribution in [0.1, 0.15) is 6.92 Å². The number of aromatic nitrogens is 2. The van der Waals surface area contributed by atoms with Gasteiger partial charge in [-0.05, 0) is 12.1 Å². The van der Waals surface area contributed by atoms with Crippen LogP contribution in [0, 0.1) is 43.6 Å². The Bertz CT molecular complexity index is 1140. The van der Waals surface area contributed by atoms with Gasteiger partial charge in [-0.2, -0.15) is 25.1 Å². The molecule has 8 nitrogen and oxygen atoms in total. The maximum atomic E-state index is 12.3. The summed E-state index contributed by atoms with van der Waals surface area (Å²) < 4.78 is 27.0. The molecule has 1 fully saturated rings. The van der Waals surface area contributed by atoms with Crippen molar-refractivity contribution < 1.29 is 44.3 Å². The number of rotatable bonds is 5. The molecule has 0 saturated carbocycles. The second-order valence-corrected chi connectivity index (χ2v) is 10.2. The molecule has 1 amide bonds. The number of pyridine rings is 1. The summed E-state index contributed by atoms with van der Waals surface area (Å²) in [6.07, 6.45) is 4.43. The molecule has 2 aromatic heterocycles. The number of halogens is 2. The fraction of sp³-hybridized carbons (Fsp3) is 0.238. The van der Waals surface area contributed by atoms with Crippen molar-refractivity contribution >= 4 is 61.4 Å². The van der Waals surface area contributed by atoms with E-state index in [9.17, 15) is 13.2 Å². The van der Waals surface area contributed by atoms with Gasteiger partial charge in [-0.3, -0.25) is 4.72 Å². The molecule has 0 unspecified atom stereocenters. The molecule has 1 aliphatic rings. The summed E-state index contributed by atoms with van der Waals surface area (Å²) >= 11 is 12.3. The van der Waals surface area contributed by atoms with E-state index in [1.165, 1.54) is 29.8 Å². The van der Waals surface area contributed by atoms with Gasteiger partial charge < -0.3 is 21.0 Å². The Kier molecular flexibility index (Phi) is 11.5. The third-order valence-corrected chi connectivity index (χ3v) is 7.17. The zero-order valence-corrected chi connectivity index (χ0v) is 25.4. The minimum Gasteiger partial charge on any atom is -0.364 e. The average molecular weight is 765 g/mol. The summed E-state index contributed by atoms with van der Waals surface area (Å²) in [4.78, 5) is 23.7. The van der Waals surface area contributed by atoms with Gasteiger partial charge in [0.05, 0.1) is 5.91 Å². The predicted molar refractivity (Wildman–Crippen MR) is 131 cm³/mol. The standard InChI is InChI=1S/C15H18N5O3S2.C6H3Cl2.U/c1-2-14(21)20-8-6-19(7-9-20)13-4-3-12(11-17-13)25(22,23)18-15-16-5-10-24-15;7-5-2-1-3-6(8)4-5;/h2-5,10-11H,6-9H2,1H3,(H,16,18);1-2,4H;/q2*-1;+2. The number of amides is 1. The summed E-state index contributed by atoms with van der Waals surface area (Å²) in [7, 11) is -3.69. The topological polar surface area (TPSA) is 95.5 Å². The number of benzene rings is 1. The zero-order chi connectivity index (χ0) is 23.8. The van der Waals surface area contributed by atoms with Gasteiger partial charge in [0.1, 0.15) is 10.7 Å². The largest absolute Gasteiger partial charge is 2.00 e. The van der Waals surface area contributed by atoms with E-state index < -0.39 is 10.0 Å². The Labute approximate surface area is 237 Å². The van der Waals surface area contributed by atoms with Crippen molar-refractivity contribution in [2.24, 2.45) is 0 Å². The minimum atomic E-state index is -3.69. The fourth-order valence-electron chi connectivity index (χ4n) is 2.92. The first-order chi connectivity index (χ1) is 15.8. The molecule has 1 N–H and O–H groups in total. The van der Waals surface area contributed by atoms with E-state index in [1.54, 1.807) is 47.9 Å². The summed E-state index contributed by atoms with van der Waals surface area (Å²) in [5.74, 6) is 0.725. The van der Waals surface area contributed by atoms with Gasteiger partial charge in [-0.15, -0.1) is 40.6 Å². The van der Waals surface area contributed by atoms with E-state index in [2.05, 4.69) is 20.8 Å². The first kappa shape index (κ1) is 28.8. The third kappa shape index (κ3) is 8.33. The fourth-order valence-corrected chi connectivity index (χ4v) is 5.06. The molecular formula is C21H21Cl2N5O3S2U. The number of hydrogen-bond acceptors (Lipinski definition) is 7. The van der Waals surface area contributed by atoms with Crippen LogP contribution in [0.25, 0.3) is 0 Å². The van der Waals surface area contributed by atoms with Gasteiger partial charge in [0.2, 0.25) is 0 Å². The van der Waals surface area contributed by atoms with Crippen LogP contribution in [-0.4, -0.2) is 55.4 Å². The van der Waals surface area contributed by atoms with Crippen molar-refractivity contribution in [3.63, 3.8) is 0 Å². The van der Waals surface area contributed by atoms with Gasteiger partial charge in [-0.25, -0.2) is 18.4 Å². The summed E-state index contributed by atoms with van der Waals surface area (Å²) in [6.45, 7) is 4.30. The van der Waals surface area contributed by atoms with E-state index in [4.69, 9.17) is 23.2 Å².